The zero-order valence-electron chi connectivity index (χ0n) is 12.6. The normalized spacial score (nSPS) is 32.9. The molecule has 1 fully saturated rings. The molecule has 0 amide bonds. The van der Waals surface area contributed by atoms with E-state index in [0.717, 1.165) is 18.1 Å². The highest BCUT2D eigenvalue weighted by molar-refractivity contribution is 5.75. The maximum atomic E-state index is 6.33. The van der Waals surface area contributed by atoms with Gasteiger partial charge in [0.05, 0.1) is 13.2 Å². The summed E-state index contributed by atoms with van der Waals surface area (Å²) in [6, 6.07) is 8.68. The van der Waals surface area contributed by atoms with Crippen LogP contribution >= 0.6 is 0 Å². The number of ether oxygens (including phenoxy) is 2. The first-order valence-electron chi connectivity index (χ1n) is 7.53. The van der Waals surface area contributed by atoms with Gasteiger partial charge in [-0.15, -0.1) is 0 Å². The Morgan fingerprint density at radius 3 is 3.00 bits per heavy atom. The van der Waals surface area contributed by atoms with Gasteiger partial charge in [-0.3, -0.25) is 4.99 Å². The zero-order chi connectivity index (χ0) is 14.2. The van der Waals surface area contributed by atoms with E-state index >= 15 is 0 Å². The Kier molecular flexibility index (Phi) is 3.45. The molecule has 20 heavy (non-hydrogen) atoms. The Balaban J connectivity index is 2.07. The van der Waals surface area contributed by atoms with Crippen LogP contribution in [0.2, 0.25) is 0 Å². The first kappa shape index (κ1) is 13.5. The molecule has 3 nitrogen and oxygen atoms in total. The third-order valence-corrected chi connectivity index (χ3v) is 4.77. The van der Waals surface area contributed by atoms with E-state index in [1.807, 2.05) is 13.0 Å². The van der Waals surface area contributed by atoms with Gasteiger partial charge in [0.1, 0.15) is 11.4 Å². The Labute approximate surface area is 121 Å². The minimum absolute atomic E-state index is 0.210. The number of methoxy groups -OCH3 is 1. The topological polar surface area (TPSA) is 30.8 Å². The Morgan fingerprint density at radius 1 is 1.35 bits per heavy atom. The van der Waals surface area contributed by atoms with Gasteiger partial charge in [0.25, 0.3) is 0 Å². The van der Waals surface area contributed by atoms with Crippen molar-refractivity contribution in [3.05, 3.63) is 29.8 Å². The molecule has 3 rings (SSSR count). The fourth-order valence-corrected chi connectivity index (χ4v) is 3.90. The van der Waals surface area contributed by atoms with Crippen molar-refractivity contribution in [2.75, 3.05) is 7.11 Å². The fourth-order valence-electron chi connectivity index (χ4n) is 3.90. The Bertz CT molecular complexity index is 525. The quantitative estimate of drug-likeness (QED) is 0.817. The van der Waals surface area contributed by atoms with Crippen molar-refractivity contribution >= 4 is 5.90 Å². The van der Waals surface area contributed by atoms with Crippen molar-refractivity contribution in [2.24, 2.45) is 10.9 Å². The second-order valence-electron chi connectivity index (χ2n) is 5.96. The third kappa shape index (κ3) is 2.09. The Morgan fingerprint density at radius 2 is 2.20 bits per heavy atom. The average Bonchev–Trinajstić information content (AvgIpc) is 2.47. The molecule has 1 heterocycles. The summed E-state index contributed by atoms with van der Waals surface area (Å²) < 4.78 is 11.7. The van der Waals surface area contributed by atoms with Gasteiger partial charge in [0, 0.05) is 12.8 Å². The predicted octanol–water partition coefficient (Wildman–Crippen LogP) is 3.92. The van der Waals surface area contributed by atoms with Gasteiger partial charge in [0.15, 0.2) is 5.90 Å². The van der Waals surface area contributed by atoms with Crippen LogP contribution in [-0.2, 0) is 10.3 Å². The largest absolute Gasteiger partial charge is 0.497 e. The molecule has 3 atom stereocenters. The molecule has 0 N–H and O–H groups in total. The van der Waals surface area contributed by atoms with E-state index in [2.05, 4.69) is 30.1 Å². The van der Waals surface area contributed by atoms with Crippen LogP contribution in [0, 0.1) is 5.92 Å². The smallest absolute Gasteiger partial charge is 0.181 e. The summed E-state index contributed by atoms with van der Waals surface area (Å²) >= 11 is 0. The molecular formula is C17H23NO2. The molecule has 0 bridgehead atoms. The van der Waals surface area contributed by atoms with E-state index in [1.54, 1.807) is 7.11 Å². The summed E-state index contributed by atoms with van der Waals surface area (Å²) in [4.78, 5) is 4.64. The molecule has 0 aromatic heterocycles. The van der Waals surface area contributed by atoms with Gasteiger partial charge < -0.3 is 9.47 Å². The van der Waals surface area contributed by atoms with Crippen LogP contribution in [0.5, 0.6) is 5.75 Å². The number of nitrogens with zero attached hydrogens (tertiary/aromatic N) is 1. The molecule has 0 spiro atoms. The lowest BCUT2D eigenvalue weighted by molar-refractivity contribution is -0.0628. The van der Waals surface area contributed by atoms with E-state index in [0.29, 0.717) is 12.0 Å². The minimum Gasteiger partial charge on any atom is -0.497 e. The summed E-state index contributed by atoms with van der Waals surface area (Å²) in [5.74, 6) is 2.18. The van der Waals surface area contributed by atoms with E-state index in [9.17, 15) is 0 Å². The van der Waals surface area contributed by atoms with Crippen molar-refractivity contribution in [1.29, 1.82) is 0 Å². The van der Waals surface area contributed by atoms with Gasteiger partial charge in [-0.1, -0.05) is 18.6 Å². The van der Waals surface area contributed by atoms with Crippen molar-refractivity contribution in [1.82, 2.24) is 0 Å². The number of benzene rings is 1. The van der Waals surface area contributed by atoms with E-state index in [4.69, 9.17) is 9.47 Å². The highest BCUT2D eigenvalue weighted by Crippen LogP contribution is 2.49. The molecule has 2 aliphatic rings. The van der Waals surface area contributed by atoms with Crippen LogP contribution in [-0.4, -0.2) is 19.0 Å². The van der Waals surface area contributed by atoms with Crippen LogP contribution in [0.1, 0.15) is 45.1 Å². The minimum atomic E-state index is -0.210. The van der Waals surface area contributed by atoms with E-state index in [1.165, 1.54) is 24.8 Å². The lowest BCUT2D eigenvalue weighted by Gasteiger charge is -2.48. The van der Waals surface area contributed by atoms with Crippen molar-refractivity contribution in [3.63, 3.8) is 0 Å². The standard InChI is InChI=1S/C17H23NO2/c1-12-16-9-4-5-10-17(16,20-13(2)18-12)14-7-6-8-15(11-14)19-3/h6-8,11-12,16H,4-5,9-10H2,1-3H3. The van der Waals surface area contributed by atoms with Crippen molar-refractivity contribution in [2.45, 2.75) is 51.2 Å². The van der Waals surface area contributed by atoms with Gasteiger partial charge in [-0.05, 0) is 43.9 Å². The van der Waals surface area contributed by atoms with E-state index in [-0.39, 0.29) is 5.60 Å². The van der Waals surface area contributed by atoms with Crippen LogP contribution in [0.4, 0.5) is 0 Å². The van der Waals surface area contributed by atoms with E-state index < -0.39 is 0 Å². The molecule has 0 radical (unpaired) electrons. The van der Waals surface area contributed by atoms with Crippen LogP contribution in [0.3, 0.4) is 0 Å². The fraction of sp³-hybridized carbons (Fsp3) is 0.588. The highest BCUT2D eigenvalue weighted by Gasteiger charge is 2.49. The summed E-state index contributed by atoms with van der Waals surface area (Å²) in [7, 11) is 1.71. The monoisotopic (exact) mass is 273 g/mol. The molecular weight excluding hydrogens is 250 g/mol. The first-order chi connectivity index (χ1) is 9.65. The number of rotatable bonds is 2. The molecule has 0 saturated heterocycles. The van der Waals surface area contributed by atoms with Gasteiger partial charge in [0.2, 0.25) is 0 Å². The zero-order valence-corrected chi connectivity index (χ0v) is 12.6. The molecule has 1 aromatic rings. The lowest BCUT2D eigenvalue weighted by Crippen LogP contribution is -2.49. The van der Waals surface area contributed by atoms with Crippen molar-refractivity contribution in [3.8, 4) is 5.75 Å². The lowest BCUT2D eigenvalue weighted by atomic mass is 9.68. The molecule has 1 aromatic carbocycles. The number of hydrogen-bond donors (Lipinski definition) is 0. The molecule has 1 saturated carbocycles. The molecule has 1 aliphatic heterocycles. The van der Waals surface area contributed by atoms with Crippen LogP contribution < -0.4 is 4.74 Å². The molecule has 3 unspecified atom stereocenters. The maximum Gasteiger partial charge on any atom is 0.181 e. The summed E-state index contributed by atoms with van der Waals surface area (Å²) in [5, 5.41) is 0. The summed E-state index contributed by atoms with van der Waals surface area (Å²) in [6.07, 6.45) is 4.75. The predicted molar refractivity (Wildman–Crippen MR) is 80.3 cm³/mol. The number of aliphatic imine (C=N–C) groups is 1. The molecule has 1 aliphatic carbocycles. The third-order valence-electron chi connectivity index (χ3n) is 4.77. The highest BCUT2D eigenvalue weighted by atomic mass is 16.5. The van der Waals surface area contributed by atoms with Gasteiger partial charge in [-0.25, -0.2) is 0 Å². The van der Waals surface area contributed by atoms with Crippen LogP contribution in [0.25, 0.3) is 0 Å². The maximum absolute atomic E-state index is 6.33. The summed E-state index contributed by atoms with van der Waals surface area (Å²) in [6.45, 7) is 4.19. The van der Waals surface area contributed by atoms with Crippen molar-refractivity contribution < 1.29 is 9.47 Å². The average molecular weight is 273 g/mol. The first-order valence-corrected chi connectivity index (χ1v) is 7.53. The second kappa shape index (κ2) is 5.12. The summed E-state index contributed by atoms with van der Waals surface area (Å²) in [5.41, 5.74) is 1.03. The number of fused-ring (bicyclic) bond motifs is 1. The number of hydrogen-bond acceptors (Lipinski definition) is 3. The molecule has 108 valence electrons. The molecule has 3 heteroatoms. The Hall–Kier alpha value is -1.51. The van der Waals surface area contributed by atoms with Gasteiger partial charge >= 0.3 is 0 Å². The SMILES string of the molecule is COc1cccc(C23CCCCC2C(C)N=C(C)O3)c1. The second-order valence-corrected chi connectivity index (χ2v) is 5.96. The van der Waals surface area contributed by atoms with Crippen LogP contribution in [0.15, 0.2) is 29.3 Å². The van der Waals surface area contributed by atoms with Gasteiger partial charge in [-0.2, -0.15) is 0 Å².